The molecule has 25 heavy (non-hydrogen) atoms. The highest BCUT2D eigenvalue weighted by Crippen LogP contribution is 2.14. The molecule has 0 bridgehead atoms. The molecule has 0 spiro atoms. The van der Waals surface area contributed by atoms with Gasteiger partial charge >= 0.3 is 0 Å². The van der Waals surface area contributed by atoms with Crippen LogP contribution in [0.15, 0.2) is 29.3 Å². The minimum absolute atomic E-state index is 0.209. The second kappa shape index (κ2) is 11.1. The zero-order valence-electron chi connectivity index (χ0n) is 15.6. The van der Waals surface area contributed by atoms with Crippen LogP contribution in [0, 0.1) is 0 Å². The van der Waals surface area contributed by atoms with E-state index in [9.17, 15) is 0 Å². The molecule has 1 aliphatic heterocycles. The summed E-state index contributed by atoms with van der Waals surface area (Å²) in [6.07, 6.45) is 2.32. The Labute approximate surface area is 151 Å². The summed E-state index contributed by atoms with van der Waals surface area (Å²) in [6.45, 7) is 5.71. The number of ether oxygens (including phenoxy) is 3. The number of aliphatic imine (C=N–C) groups is 1. The molecular weight excluding hydrogens is 318 g/mol. The average molecular weight is 349 g/mol. The fourth-order valence-electron chi connectivity index (χ4n) is 2.72. The third kappa shape index (κ3) is 7.42. The van der Waals surface area contributed by atoms with Crippen molar-refractivity contribution in [2.24, 2.45) is 4.99 Å². The highest BCUT2D eigenvalue weighted by atomic mass is 16.5. The zero-order chi connectivity index (χ0) is 17.9. The number of methoxy groups -OCH3 is 1. The summed E-state index contributed by atoms with van der Waals surface area (Å²) in [7, 11) is 3.47. The molecule has 1 heterocycles. The largest absolute Gasteiger partial charge is 0.383 e. The summed E-state index contributed by atoms with van der Waals surface area (Å²) in [5.74, 6) is 0.775. The van der Waals surface area contributed by atoms with Gasteiger partial charge < -0.3 is 24.8 Å². The van der Waals surface area contributed by atoms with Gasteiger partial charge in [0.1, 0.15) is 0 Å². The average Bonchev–Trinajstić information content (AvgIpc) is 2.65. The topological polar surface area (TPSA) is 64.1 Å². The van der Waals surface area contributed by atoms with Crippen molar-refractivity contribution < 1.29 is 14.2 Å². The van der Waals surface area contributed by atoms with E-state index in [1.807, 2.05) is 0 Å². The Bertz CT molecular complexity index is 513. The molecule has 0 radical (unpaired) electrons. The fraction of sp³-hybridized carbons (Fsp3) is 0.632. The number of benzene rings is 1. The molecule has 1 saturated heterocycles. The lowest BCUT2D eigenvalue weighted by atomic mass is 10.1. The van der Waals surface area contributed by atoms with Crippen molar-refractivity contribution in [2.75, 3.05) is 34.0 Å². The van der Waals surface area contributed by atoms with Crippen LogP contribution in [0.25, 0.3) is 0 Å². The maximum Gasteiger partial charge on any atom is 0.191 e. The van der Waals surface area contributed by atoms with Gasteiger partial charge in [0, 0.05) is 40.0 Å². The molecule has 1 unspecified atom stereocenters. The molecule has 1 atom stereocenters. The first-order valence-electron chi connectivity index (χ1n) is 8.94. The van der Waals surface area contributed by atoms with E-state index in [4.69, 9.17) is 14.2 Å². The lowest BCUT2D eigenvalue weighted by Crippen LogP contribution is -2.43. The molecule has 0 amide bonds. The van der Waals surface area contributed by atoms with Crippen molar-refractivity contribution in [3.8, 4) is 0 Å². The summed E-state index contributed by atoms with van der Waals surface area (Å²) >= 11 is 0. The van der Waals surface area contributed by atoms with Gasteiger partial charge in [0.25, 0.3) is 0 Å². The first-order chi connectivity index (χ1) is 12.2. The van der Waals surface area contributed by atoms with Crippen LogP contribution < -0.4 is 10.6 Å². The molecule has 1 aromatic carbocycles. The van der Waals surface area contributed by atoms with E-state index in [2.05, 4.69) is 46.8 Å². The van der Waals surface area contributed by atoms with Crippen LogP contribution in [0.5, 0.6) is 0 Å². The summed E-state index contributed by atoms with van der Waals surface area (Å²) in [5.41, 5.74) is 2.41. The lowest BCUT2D eigenvalue weighted by molar-refractivity contribution is -0.0390. The van der Waals surface area contributed by atoms with Crippen LogP contribution in [0.4, 0.5) is 0 Å². The van der Waals surface area contributed by atoms with E-state index in [1.54, 1.807) is 14.2 Å². The number of hydrogen-bond acceptors (Lipinski definition) is 4. The molecule has 1 fully saturated rings. The summed E-state index contributed by atoms with van der Waals surface area (Å²) < 4.78 is 16.4. The molecule has 1 aromatic rings. The van der Waals surface area contributed by atoms with Crippen LogP contribution >= 0.6 is 0 Å². The molecule has 6 heteroatoms. The fourth-order valence-corrected chi connectivity index (χ4v) is 2.72. The second-order valence-corrected chi connectivity index (χ2v) is 6.37. The monoisotopic (exact) mass is 349 g/mol. The van der Waals surface area contributed by atoms with Gasteiger partial charge in [0.05, 0.1) is 19.3 Å². The number of nitrogens with one attached hydrogen (secondary N) is 2. The minimum Gasteiger partial charge on any atom is -0.383 e. The van der Waals surface area contributed by atoms with Crippen molar-refractivity contribution in [1.29, 1.82) is 0 Å². The molecule has 140 valence electrons. The second-order valence-electron chi connectivity index (χ2n) is 6.37. The third-order valence-corrected chi connectivity index (χ3v) is 4.16. The van der Waals surface area contributed by atoms with Crippen LogP contribution in [0.2, 0.25) is 0 Å². The van der Waals surface area contributed by atoms with Crippen molar-refractivity contribution >= 4 is 5.96 Å². The predicted octanol–water partition coefficient (Wildman–Crippen LogP) is 2.08. The first-order valence-corrected chi connectivity index (χ1v) is 8.94. The standard InChI is InChI=1S/C19H31N3O3/c1-15(13-23-3)22-19(20-2)21-12-16-4-6-17(7-5-16)14-25-18-8-10-24-11-9-18/h4-7,15,18H,8-14H2,1-3H3,(H2,20,21,22). The highest BCUT2D eigenvalue weighted by molar-refractivity contribution is 5.79. The molecule has 0 aromatic heterocycles. The van der Waals surface area contributed by atoms with Crippen LogP contribution in [-0.2, 0) is 27.4 Å². The molecule has 0 aliphatic carbocycles. The first kappa shape index (κ1) is 19.7. The van der Waals surface area contributed by atoms with Gasteiger partial charge in [-0.05, 0) is 30.9 Å². The van der Waals surface area contributed by atoms with Crippen LogP contribution in [0.3, 0.4) is 0 Å². The summed E-state index contributed by atoms with van der Waals surface area (Å²) in [6, 6.07) is 8.71. The Hall–Kier alpha value is -1.63. The normalized spacial score (nSPS) is 17.3. The van der Waals surface area contributed by atoms with Gasteiger partial charge in [-0.15, -0.1) is 0 Å². The van der Waals surface area contributed by atoms with E-state index in [0.29, 0.717) is 19.3 Å². The highest BCUT2D eigenvalue weighted by Gasteiger charge is 2.13. The van der Waals surface area contributed by atoms with Gasteiger partial charge in [-0.3, -0.25) is 4.99 Å². The minimum atomic E-state index is 0.209. The van der Waals surface area contributed by atoms with Crippen molar-refractivity contribution in [3.05, 3.63) is 35.4 Å². The number of nitrogens with zero attached hydrogens (tertiary/aromatic N) is 1. The molecule has 6 nitrogen and oxygen atoms in total. The Morgan fingerprint density at radius 1 is 1.24 bits per heavy atom. The van der Waals surface area contributed by atoms with Crippen LogP contribution in [-0.4, -0.2) is 52.1 Å². The Morgan fingerprint density at radius 3 is 2.56 bits per heavy atom. The van der Waals surface area contributed by atoms with Crippen LogP contribution in [0.1, 0.15) is 30.9 Å². The molecule has 2 rings (SSSR count). The van der Waals surface area contributed by atoms with Gasteiger partial charge in [-0.25, -0.2) is 0 Å². The Balaban J connectivity index is 1.73. The van der Waals surface area contributed by atoms with Gasteiger partial charge in [0.15, 0.2) is 5.96 Å². The summed E-state index contributed by atoms with van der Waals surface area (Å²) in [5, 5.41) is 6.61. The molecule has 2 N–H and O–H groups in total. The van der Waals surface area contributed by atoms with E-state index in [1.165, 1.54) is 11.1 Å². The third-order valence-electron chi connectivity index (χ3n) is 4.16. The van der Waals surface area contributed by atoms with Gasteiger partial charge in [0.2, 0.25) is 0 Å². The molecule has 0 saturated carbocycles. The summed E-state index contributed by atoms with van der Waals surface area (Å²) in [4.78, 5) is 4.23. The SMILES string of the molecule is CN=C(NCc1ccc(COC2CCOCC2)cc1)NC(C)COC. The predicted molar refractivity (Wildman–Crippen MR) is 99.7 cm³/mol. The number of guanidine groups is 1. The quantitative estimate of drug-likeness (QED) is 0.556. The van der Waals surface area contributed by atoms with E-state index >= 15 is 0 Å². The van der Waals surface area contributed by atoms with E-state index in [0.717, 1.165) is 38.6 Å². The number of hydrogen-bond donors (Lipinski definition) is 2. The van der Waals surface area contributed by atoms with E-state index < -0.39 is 0 Å². The maximum atomic E-state index is 5.95. The van der Waals surface area contributed by atoms with Crippen molar-refractivity contribution in [2.45, 2.75) is 45.1 Å². The Morgan fingerprint density at radius 2 is 1.92 bits per heavy atom. The Kier molecular flexibility index (Phi) is 8.72. The molecule has 1 aliphatic rings. The zero-order valence-corrected chi connectivity index (χ0v) is 15.6. The molecular formula is C19H31N3O3. The number of rotatable bonds is 8. The van der Waals surface area contributed by atoms with Gasteiger partial charge in [-0.1, -0.05) is 24.3 Å². The van der Waals surface area contributed by atoms with Crippen molar-refractivity contribution in [1.82, 2.24) is 10.6 Å². The lowest BCUT2D eigenvalue weighted by Gasteiger charge is -2.22. The maximum absolute atomic E-state index is 5.95. The smallest absolute Gasteiger partial charge is 0.191 e. The van der Waals surface area contributed by atoms with E-state index in [-0.39, 0.29) is 6.04 Å². The van der Waals surface area contributed by atoms with Crippen molar-refractivity contribution in [3.63, 3.8) is 0 Å². The van der Waals surface area contributed by atoms with Gasteiger partial charge in [-0.2, -0.15) is 0 Å².